The van der Waals surface area contributed by atoms with Gasteiger partial charge in [-0.05, 0) is 19.1 Å². The van der Waals surface area contributed by atoms with Crippen molar-refractivity contribution in [3.8, 4) is 0 Å². The van der Waals surface area contributed by atoms with Crippen LogP contribution in [0.5, 0.6) is 0 Å². The molecule has 3 rings (SSSR count). The third-order valence-corrected chi connectivity index (χ3v) is 4.00. The Kier molecular flexibility index (Phi) is 4.22. The van der Waals surface area contributed by atoms with E-state index in [2.05, 4.69) is 0 Å². The van der Waals surface area contributed by atoms with E-state index in [4.69, 9.17) is 4.84 Å². The molecule has 1 saturated heterocycles. The van der Waals surface area contributed by atoms with Crippen molar-refractivity contribution in [2.75, 3.05) is 13.6 Å². The van der Waals surface area contributed by atoms with Crippen molar-refractivity contribution in [2.45, 2.75) is 19.2 Å². The predicted molar refractivity (Wildman–Crippen MR) is 85.0 cm³/mol. The molecule has 0 spiro atoms. The third kappa shape index (κ3) is 2.89. The zero-order chi connectivity index (χ0) is 15.5. The number of hydrogen-bond acceptors (Lipinski definition) is 3. The summed E-state index contributed by atoms with van der Waals surface area (Å²) in [4.78, 5) is 20.6. The zero-order valence-corrected chi connectivity index (χ0v) is 12.8. The van der Waals surface area contributed by atoms with Crippen LogP contribution >= 0.6 is 0 Å². The fraction of sp³-hybridized carbons (Fsp3) is 0.278. The lowest BCUT2D eigenvalue weighted by Gasteiger charge is -2.43. The van der Waals surface area contributed by atoms with E-state index >= 15 is 0 Å². The van der Waals surface area contributed by atoms with Gasteiger partial charge in [-0.3, -0.25) is 9.63 Å². The van der Waals surface area contributed by atoms with Crippen LogP contribution in [0.4, 0.5) is 0 Å². The molecular weight excluding hydrogens is 276 g/mol. The quantitative estimate of drug-likeness (QED) is 0.853. The van der Waals surface area contributed by atoms with Crippen molar-refractivity contribution in [1.82, 2.24) is 9.96 Å². The number of amides is 1. The van der Waals surface area contributed by atoms with Crippen molar-refractivity contribution >= 4 is 5.91 Å². The Labute approximate surface area is 130 Å². The van der Waals surface area contributed by atoms with Gasteiger partial charge >= 0.3 is 0 Å². The molecule has 1 fully saturated rings. The molecule has 2 atom stereocenters. The van der Waals surface area contributed by atoms with Crippen LogP contribution in [0, 0.1) is 0 Å². The highest BCUT2D eigenvalue weighted by molar-refractivity contribution is 5.94. The number of benzene rings is 2. The molecule has 1 heterocycles. The van der Waals surface area contributed by atoms with E-state index in [1.807, 2.05) is 79.7 Å². The van der Waals surface area contributed by atoms with Crippen molar-refractivity contribution < 1.29 is 9.63 Å². The van der Waals surface area contributed by atoms with Crippen molar-refractivity contribution in [3.05, 3.63) is 71.8 Å². The summed E-state index contributed by atoms with van der Waals surface area (Å²) in [6, 6.07) is 19.4. The fourth-order valence-corrected chi connectivity index (χ4v) is 2.61. The minimum Gasteiger partial charge on any atom is -0.306 e. The van der Waals surface area contributed by atoms with E-state index in [0.717, 1.165) is 5.56 Å². The number of hydroxylamine groups is 2. The molecule has 2 aromatic rings. The second-order valence-corrected chi connectivity index (χ2v) is 5.59. The molecule has 1 aliphatic heterocycles. The Balaban J connectivity index is 1.93. The molecule has 4 nitrogen and oxygen atoms in total. The average molecular weight is 296 g/mol. The number of rotatable bonds is 2. The lowest BCUT2D eigenvalue weighted by Crippen LogP contribution is -2.52. The Morgan fingerprint density at radius 2 is 1.64 bits per heavy atom. The van der Waals surface area contributed by atoms with Crippen LogP contribution in [-0.2, 0) is 4.84 Å². The third-order valence-electron chi connectivity index (χ3n) is 4.00. The standard InChI is InChI=1S/C18H20N2O2/c1-14-13-20(17(21)15-9-5-3-6-10-15)18(22-19(14)2)16-11-7-4-8-12-16/h3-12,14,18H,13H2,1-2H3. The summed E-state index contributed by atoms with van der Waals surface area (Å²) in [5.41, 5.74) is 1.66. The van der Waals surface area contributed by atoms with Crippen LogP contribution in [-0.4, -0.2) is 35.5 Å². The topological polar surface area (TPSA) is 32.8 Å². The van der Waals surface area contributed by atoms with E-state index in [0.29, 0.717) is 12.1 Å². The van der Waals surface area contributed by atoms with E-state index in [-0.39, 0.29) is 11.9 Å². The number of nitrogens with zero attached hydrogens (tertiary/aromatic N) is 2. The molecule has 114 valence electrons. The Hall–Kier alpha value is -2.17. The summed E-state index contributed by atoms with van der Waals surface area (Å²) in [7, 11) is 1.91. The largest absolute Gasteiger partial charge is 0.306 e. The second kappa shape index (κ2) is 6.30. The van der Waals surface area contributed by atoms with E-state index < -0.39 is 6.23 Å². The highest BCUT2D eigenvalue weighted by Crippen LogP contribution is 2.29. The van der Waals surface area contributed by atoms with Gasteiger partial charge in [0.1, 0.15) is 0 Å². The normalized spacial score (nSPS) is 22.5. The summed E-state index contributed by atoms with van der Waals surface area (Å²) in [6.07, 6.45) is -0.393. The van der Waals surface area contributed by atoms with Gasteiger partial charge in [-0.1, -0.05) is 48.5 Å². The smallest absolute Gasteiger partial charge is 0.256 e. The van der Waals surface area contributed by atoms with Gasteiger partial charge in [0.25, 0.3) is 5.91 Å². The summed E-state index contributed by atoms with van der Waals surface area (Å²) in [5.74, 6) is -0.00518. The monoisotopic (exact) mass is 296 g/mol. The van der Waals surface area contributed by atoms with Crippen molar-refractivity contribution in [2.24, 2.45) is 0 Å². The van der Waals surface area contributed by atoms with E-state index in [1.54, 1.807) is 4.90 Å². The number of carbonyl (C=O) groups excluding carboxylic acids is 1. The van der Waals surface area contributed by atoms with Gasteiger partial charge in [0.15, 0.2) is 6.23 Å². The fourth-order valence-electron chi connectivity index (χ4n) is 2.61. The molecular formula is C18H20N2O2. The van der Waals surface area contributed by atoms with Gasteiger partial charge < -0.3 is 4.90 Å². The molecule has 22 heavy (non-hydrogen) atoms. The van der Waals surface area contributed by atoms with Crippen molar-refractivity contribution in [1.29, 1.82) is 0 Å². The zero-order valence-electron chi connectivity index (χ0n) is 12.8. The molecule has 1 aliphatic rings. The van der Waals surface area contributed by atoms with Gasteiger partial charge in [0, 0.05) is 30.8 Å². The molecule has 0 saturated carbocycles. The van der Waals surface area contributed by atoms with Gasteiger partial charge in [-0.15, -0.1) is 0 Å². The highest BCUT2D eigenvalue weighted by atomic mass is 16.7. The summed E-state index contributed by atoms with van der Waals surface area (Å²) < 4.78 is 0. The molecule has 1 amide bonds. The van der Waals surface area contributed by atoms with Crippen LogP contribution in [0.25, 0.3) is 0 Å². The first-order valence-electron chi connectivity index (χ1n) is 7.47. The Morgan fingerprint density at radius 3 is 2.27 bits per heavy atom. The lowest BCUT2D eigenvalue weighted by molar-refractivity contribution is -0.273. The minimum atomic E-state index is -0.393. The first-order valence-corrected chi connectivity index (χ1v) is 7.47. The molecule has 0 N–H and O–H groups in total. The predicted octanol–water partition coefficient (Wildman–Crippen LogP) is 3.09. The number of likely N-dealkylation sites (N-methyl/N-ethyl adjacent to an activating group) is 1. The molecule has 2 aromatic carbocycles. The summed E-state index contributed by atoms with van der Waals surface area (Å²) >= 11 is 0. The molecule has 4 heteroatoms. The molecule has 0 bridgehead atoms. The number of carbonyl (C=O) groups is 1. The SMILES string of the molecule is CC1CN(C(=O)c2ccccc2)C(c2ccccc2)ON1C. The summed E-state index contributed by atoms with van der Waals surface area (Å²) in [5, 5.41) is 1.83. The summed E-state index contributed by atoms with van der Waals surface area (Å²) in [6.45, 7) is 2.68. The first-order chi connectivity index (χ1) is 10.7. The van der Waals surface area contributed by atoms with Crippen LogP contribution < -0.4 is 0 Å². The van der Waals surface area contributed by atoms with Crippen LogP contribution in [0.1, 0.15) is 29.1 Å². The van der Waals surface area contributed by atoms with Gasteiger partial charge in [-0.2, -0.15) is 5.06 Å². The molecule has 0 radical (unpaired) electrons. The maximum atomic E-state index is 12.9. The lowest BCUT2D eigenvalue weighted by atomic mass is 10.1. The maximum absolute atomic E-state index is 12.9. The van der Waals surface area contributed by atoms with Crippen LogP contribution in [0.15, 0.2) is 60.7 Å². The molecule has 0 aliphatic carbocycles. The second-order valence-electron chi connectivity index (χ2n) is 5.59. The molecule has 2 unspecified atom stereocenters. The van der Waals surface area contributed by atoms with E-state index in [9.17, 15) is 4.79 Å². The highest BCUT2D eigenvalue weighted by Gasteiger charge is 2.35. The van der Waals surface area contributed by atoms with Gasteiger partial charge in [0.05, 0.1) is 0 Å². The maximum Gasteiger partial charge on any atom is 0.256 e. The Morgan fingerprint density at radius 1 is 1.05 bits per heavy atom. The van der Waals surface area contributed by atoms with Crippen molar-refractivity contribution in [3.63, 3.8) is 0 Å². The van der Waals surface area contributed by atoms with Gasteiger partial charge in [0.2, 0.25) is 0 Å². The Bertz CT molecular complexity index is 630. The van der Waals surface area contributed by atoms with Crippen LogP contribution in [0.2, 0.25) is 0 Å². The van der Waals surface area contributed by atoms with E-state index in [1.165, 1.54) is 0 Å². The first kappa shape index (κ1) is 14.8. The minimum absolute atomic E-state index is 0.00518. The van der Waals surface area contributed by atoms with Crippen LogP contribution in [0.3, 0.4) is 0 Å². The average Bonchev–Trinajstić information content (AvgIpc) is 2.58. The molecule has 0 aromatic heterocycles. The van der Waals surface area contributed by atoms with Gasteiger partial charge in [-0.25, -0.2) is 0 Å². The number of hydrogen-bond donors (Lipinski definition) is 0.